The second-order valence-electron chi connectivity index (χ2n) is 8.62. The van der Waals surface area contributed by atoms with Gasteiger partial charge in [-0.2, -0.15) is 0 Å². The minimum Gasteiger partial charge on any atom is -0.493 e. The van der Waals surface area contributed by atoms with Gasteiger partial charge in [0.2, 0.25) is 0 Å². The van der Waals surface area contributed by atoms with Crippen molar-refractivity contribution in [2.75, 3.05) is 53.6 Å². The lowest BCUT2D eigenvalue weighted by atomic mass is 9.94. The van der Waals surface area contributed by atoms with Gasteiger partial charge in [-0.15, -0.1) is 0 Å². The standard InChI is InChI=1S/C24H33N3O5/c1-31-19-9-8-17(16-20(19)32-2)21-22(26-12-10-25(11-13-26)14-15-28)24(30)27(23(21)29)18-6-4-3-5-7-18/h8-9,16,18,28H,3-7,10-15H2,1-2H3. The number of methoxy groups -OCH3 is 2. The van der Waals surface area contributed by atoms with E-state index in [1.54, 1.807) is 26.4 Å². The van der Waals surface area contributed by atoms with E-state index in [0.717, 1.165) is 45.2 Å². The Bertz CT molecular complexity index is 886. The zero-order valence-corrected chi connectivity index (χ0v) is 19.0. The summed E-state index contributed by atoms with van der Waals surface area (Å²) in [5.74, 6) is 0.724. The number of hydrogen-bond donors (Lipinski definition) is 1. The van der Waals surface area contributed by atoms with E-state index < -0.39 is 0 Å². The Morgan fingerprint density at radius 1 is 0.938 bits per heavy atom. The number of rotatable bonds is 7. The predicted octanol–water partition coefficient (Wildman–Crippen LogP) is 1.73. The van der Waals surface area contributed by atoms with Crippen LogP contribution < -0.4 is 9.47 Å². The predicted molar refractivity (Wildman–Crippen MR) is 120 cm³/mol. The molecule has 0 aromatic heterocycles. The lowest BCUT2D eigenvalue weighted by Gasteiger charge is -2.36. The maximum atomic E-state index is 13.7. The van der Waals surface area contributed by atoms with Gasteiger partial charge >= 0.3 is 0 Å². The quantitative estimate of drug-likeness (QED) is 0.643. The molecule has 3 aliphatic rings. The Hall–Kier alpha value is -2.58. The highest BCUT2D eigenvalue weighted by Gasteiger charge is 2.45. The molecule has 2 fully saturated rings. The fraction of sp³-hybridized carbons (Fsp3) is 0.583. The molecule has 1 saturated heterocycles. The van der Waals surface area contributed by atoms with Gasteiger partial charge in [0.25, 0.3) is 11.8 Å². The first kappa shape index (κ1) is 22.6. The van der Waals surface area contributed by atoms with Crippen LogP contribution in [0, 0.1) is 0 Å². The van der Waals surface area contributed by atoms with Crippen LogP contribution in [0.4, 0.5) is 0 Å². The van der Waals surface area contributed by atoms with Crippen molar-refractivity contribution in [3.63, 3.8) is 0 Å². The van der Waals surface area contributed by atoms with Crippen molar-refractivity contribution in [2.24, 2.45) is 0 Å². The first-order valence-electron chi connectivity index (χ1n) is 11.5. The minimum atomic E-state index is -0.207. The molecule has 2 heterocycles. The van der Waals surface area contributed by atoms with Crippen LogP contribution in [0.1, 0.15) is 37.7 Å². The summed E-state index contributed by atoms with van der Waals surface area (Å²) in [5, 5.41) is 9.24. The molecule has 4 rings (SSSR count). The number of aliphatic hydroxyl groups excluding tert-OH is 1. The Labute approximate surface area is 189 Å². The molecule has 0 radical (unpaired) electrons. The van der Waals surface area contributed by atoms with Crippen LogP contribution in [0.5, 0.6) is 11.5 Å². The van der Waals surface area contributed by atoms with Crippen molar-refractivity contribution in [2.45, 2.75) is 38.1 Å². The highest BCUT2D eigenvalue weighted by molar-refractivity contribution is 6.35. The molecule has 1 aromatic carbocycles. The molecule has 8 nitrogen and oxygen atoms in total. The molecule has 2 amide bonds. The number of hydrogen-bond acceptors (Lipinski definition) is 7. The van der Waals surface area contributed by atoms with Crippen molar-refractivity contribution >= 4 is 17.4 Å². The molecule has 8 heteroatoms. The number of β-amino-alcohol motifs (C(OH)–C–C–N with tert-alkyl or cyclic N) is 1. The lowest BCUT2D eigenvalue weighted by Crippen LogP contribution is -2.49. The fourth-order valence-electron chi connectivity index (χ4n) is 5.09. The normalized spacial score (nSPS) is 21.0. The summed E-state index contributed by atoms with van der Waals surface area (Å²) >= 11 is 0. The summed E-state index contributed by atoms with van der Waals surface area (Å²) in [6, 6.07) is 5.35. The molecule has 2 aliphatic heterocycles. The van der Waals surface area contributed by atoms with Crippen molar-refractivity contribution in [3.8, 4) is 11.5 Å². The largest absolute Gasteiger partial charge is 0.493 e. The van der Waals surface area contributed by atoms with E-state index in [9.17, 15) is 14.7 Å². The summed E-state index contributed by atoms with van der Waals surface area (Å²) in [6.45, 7) is 3.51. The SMILES string of the molecule is COc1ccc(C2=C(N3CCN(CCO)CC3)C(=O)N(C3CCCCC3)C2=O)cc1OC. The first-order valence-corrected chi connectivity index (χ1v) is 11.5. The number of piperazine rings is 1. The van der Waals surface area contributed by atoms with Crippen molar-refractivity contribution in [3.05, 3.63) is 29.5 Å². The average Bonchev–Trinajstić information content (AvgIpc) is 3.09. The van der Waals surface area contributed by atoms with Crippen molar-refractivity contribution in [1.29, 1.82) is 0 Å². The average molecular weight is 444 g/mol. The van der Waals surface area contributed by atoms with Gasteiger partial charge in [-0.05, 0) is 30.5 Å². The second kappa shape index (κ2) is 9.92. The van der Waals surface area contributed by atoms with E-state index in [2.05, 4.69) is 4.90 Å². The molecular formula is C24H33N3O5. The third-order valence-corrected chi connectivity index (χ3v) is 6.81. The van der Waals surface area contributed by atoms with Crippen molar-refractivity contribution < 1.29 is 24.2 Å². The van der Waals surface area contributed by atoms with Gasteiger partial charge in [0.15, 0.2) is 11.5 Å². The monoisotopic (exact) mass is 443 g/mol. The Balaban J connectivity index is 1.72. The van der Waals surface area contributed by atoms with Crippen LogP contribution in [-0.4, -0.2) is 91.2 Å². The smallest absolute Gasteiger partial charge is 0.278 e. The molecule has 32 heavy (non-hydrogen) atoms. The zero-order chi connectivity index (χ0) is 22.7. The number of benzene rings is 1. The Morgan fingerprint density at radius 2 is 1.62 bits per heavy atom. The highest BCUT2D eigenvalue weighted by Crippen LogP contribution is 2.39. The number of ether oxygens (including phenoxy) is 2. The number of aliphatic hydroxyl groups is 1. The number of carbonyl (C=O) groups excluding carboxylic acids is 2. The number of carbonyl (C=O) groups is 2. The van der Waals surface area contributed by atoms with E-state index in [0.29, 0.717) is 48.0 Å². The lowest BCUT2D eigenvalue weighted by molar-refractivity contribution is -0.141. The van der Waals surface area contributed by atoms with Crippen LogP contribution in [0.25, 0.3) is 5.57 Å². The van der Waals surface area contributed by atoms with E-state index in [-0.39, 0.29) is 24.5 Å². The van der Waals surface area contributed by atoms with Crippen LogP contribution in [0.15, 0.2) is 23.9 Å². The number of nitrogens with zero attached hydrogens (tertiary/aromatic N) is 3. The third-order valence-electron chi connectivity index (χ3n) is 6.81. The van der Waals surface area contributed by atoms with E-state index >= 15 is 0 Å². The third kappa shape index (κ3) is 4.21. The van der Waals surface area contributed by atoms with Gasteiger partial charge < -0.3 is 19.5 Å². The molecule has 1 aliphatic carbocycles. The van der Waals surface area contributed by atoms with Gasteiger partial charge in [-0.1, -0.05) is 25.3 Å². The van der Waals surface area contributed by atoms with E-state index in [1.807, 2.05) is 11.0 Å². The molecule has 174 valence electrons. The summed E-state index contributed by atoms with van der Waals surface area (Å²) < 4.78 is 10.8. The zero-order valence-electron chi connectivity index (χ0n) is 19.0. The summed E-state index contributed by atoms with van der Waals surface area (Å²) in [6.07, 6.45) is 4.98. The molecule has 1 saturated carbocycles. The molecule has 1 N–H and O–H groups in total. The van der Waals surface area contributed by atoms with Crippen LogP contribution in [0.3, 0.4) is 0 Å². The summed E-state index contributed by atoms with van der Waals surface area (Å²) in [5.41, 5.74) is 1.63. The van der Waals surface area contributed by atoms with Crippen LogP contribution in [-0.2, 0) is 9.59 Å². The molecule has 1 aromatic rings. The summed E-state index contributed by atoms with van der Waals surface area (Å²) in [4.78, 5) is 33.1. The van der Waals surface area contributed by atoms with Crippen molar-refractivity contribution in [1.82, 2.24) is 14.7 Å². The number of imide groups is 1. The summed E-state index contributed by atoms with van der Waals surface area (Å²) in [7, 11) is 3.14. The Morgan fingerprint density at radius 3 is 2.25 bits per heavy atom. The van der Waals surface area contributed by atoms with Gasteiger partial charge in [-0.3, -0.25) is 19.4 Å². The van der Waals surface area contributed by atoms with E-state index in [4.69, 9.17) is 9.47 Å². The molecular weight excluding hydrogens is 410 g/mol. The van der Waals surface area contributed by atoms with Gasteiger partial charge in [0.05, 0.1) is 26.4 Å². The minimum absolute atomic E-state index is 0.0351. The van der Waals surface area contributed by atoms with Crippen LogP contribution in [0.2, 0.25) is 0 Å². The van der Waals surface area contributed by atoms with Gasteiger partial charge in [0.1, 0.15) is 5.70 Å². The van der Waals surface area contributed by atoms with Crippen LogP contribution >= 0.6 is 0 Å². The van der Waals surface area contributed by atoms with E-state index in [1.165, 1.54) is 4.90 Å². The maximum Gasteiger partial charge on any atom is 0.278 e. The van der Waals surface area contributed by atoms with Gasteiger partial charge in [-0.25, -0.2) is 0 Å². The molecule has 0 bridgehead atoms. The number of amides is 2. The topological polar surface area (TPSA) is 82.5 Å². The second-order valence-corrected chi connectivity index (χ2v) is 8.62. The highest BCUT2D eigenvalue weighted by atomic mass is 16.5. The molecule has 0 spiro atoms. The Kier molecular flexibility index (Phi) is 7.01. The first-order chi connectivity index (χ1) is 15.6. The molecule has 0 unspecified atom stereocenters. The fourth-order valence-corrected chi connectivity index (χ4v) is 5.09. The van der Waals surface area contributed by atoms with Gasteiger partial charge in [0, 0.05) is 38.8 Å². The molecule has 0 atom stereocenters. The maximum absolute atomic E-state index is 13.7.